The molecule has 1 atom stereocenters. The number of benzene rings is 1. The van der Waals surface area contributed by atoms with Crippen LogP contribution in [0.25, 0.3) is 0 Å². The van der Waals surface area contributed by atoms with E-state index < -0.39 is 0 Å². The third kappa shape index (κ3) is 3.08. The van der Waals surface area contributed by atoms with E-state index in [1.54, 1.807) is 0 Å². The first-order valence-electron chi connectivity index (χ1n) is 6.43. The first kappa shape index (κ1) is 11.7. The van der Waals surface area contributed by atoms with E-state index in [2.05, 4.69) is 44.3 Å². The average molecular weight is 217 g/mol. The van der Waals surface area contributed by atoms with Crippen LogP contribution < -0.4 is 5.32 Å². The first-order chi connectivity index (χ1) is 7.66. The molecule has 1 aromatic carbocycles. The minimum absolute atomic E-state index is 0.852. The Labute approximate surface area is 99.3 Å². The standard InChI is InChI=1S/C15H23N/c1-11-4-5-12(2)15(8-11)10-16-9-13(3)14-6-7-14/h4-5,8,13-14,16H,6-7,9-10H2,1-3H3. The van der Waals surface area contributed by atoms with Crippen molar-refractivity contribution in [2.45, 2.75) is 40.2 Å². The molecule has 16 heavy (non-hydrogen) atoms. The molecular formula is C15H23N. The highest BCUT2D eigenvalue weighted by Gasteiger charge is 2.27. The van der Waals surface area contributed by atoms with Crippen LogP contribution in [0.15, 0.2) is 18.2 Å². The maximum atomic E-state index is 3.59. The Balaban J connectivity index is 1.81. The molecule has 1 aromatic rings. The molecule has 0 radical (unpaired) electrons. The van der Waals surface area contributed by atoms with E-state index >= 15 is 0 Å². The molecule has 1 N–H and O–H groups in total. The molecule has 1 unspecified atom stereocenters. The number of nitrogens with one attached hydrogen (secondary N) is 1. The third-order valence-corrected chi connectivity index (χ3v) is 3.71. The monoisotopic (exact) mass is 217 g/mol. The summed E-state index contributed by atoms with van der Waals surface area (Å²) >= 11 is 0. The Morgan fingerprint density at radius 3 is 2.75 bits per heavy atom. The summed E-state index contributed by atoms with van der Waals surface area (Å²) in [4.78, 5) is 0. The second kappa shape index (κ2) is 5.01. The molecule has 0 saturated heterocycles. The molecule has 1 heteroatoms. The Morgan fingerprint density at radius 1 is 1.31 bits per heavy atom. The Bertz CT molecular complexity index is 352. The lowest BCUT2D eigenvalue weighted by Crippen LogP contribution is -2.22. The minimum Gasteiger partial charge on any atom is -0.312 e. The molecule has 1 aliphatic rings. The van der Waals surface area contributed by atoms with Gasteiger partial charge >= 0.3 is 0 Å². The van der Waals surface area contributed by atoms with E-state index in [4.69, 9.17) is 0 Å². The number of hydrogen-bond donors (Lipinski definition) is 1. The van der Waals surface area contributed by atoms with Crippen LogP contribution in [-0.2, 0) is 6.54 Å². The second-order valence-electron chi connectivity index (χ2n) is 5.38. The van der Waals surface area contributed by atoms with Crippen molar-refractivity contribution < 1.29 is 0 Å². The predicted molar refractivity (Wildman–Crippen MR) is 69.5 cm³/mol. The average Bonchev–Trinajstić information content (AvgIpc) is 3.06. The van der Waals surface area contributed by atoms with Gasteiger partial charge in [-0.15, -0.1) is 0 Å². The van der Waals surface area contributed by atoms with Crippen LogP contribution in [0.5, 0.6) is 0 Å². The summed E-state index contributed by atoms with van der Waals surface area (Å²) in [5.74, 6) is 1.86. The Kier molecular flexibility index (Phi) is 3.65. The van der Waals surface area contributed by atoms with Crippen molar-refractivity contribution in [3.8, 4) is 0 Å². The quantitative estimate of drug-likeness (QED) is 0.796. The molecule has 1 saturated carbocycles. The third-order valence-electron chi connectivity index (χ3n) is 3.71. The van der Waals surface area contributed by atoms with Gasteiger partial charge in [0.05, 0.1) is 0 Å². The van der Waals surface area contributed by atoms with Gasteiger partial charge in [-0.25, -0.2) is 0 Å². The SMILES string of the molecule is Cc1ccc(C)c(CNCC(C)C2CC2)c1. The van der Waals surface area contributed by atoms with Crippen molar-refractivity contribution in [1.82, 2.24) is 5.32 Å². The van der Waals surface area contributed by atoms with E-state index in [9.17, 15) is 0 Å². The van der Waals surface area contributed by atoms with Gasteiger partial charge in [0, 0.05) is 6.54 Å². The summed E-state index contributed by atoms with van der Waals surface area (Å²) < 4.78 is 0. The maximum Gasteiger partial charge on any atom is 0.0208 e. The van der Waals surface area contributed by atoms with E-state index in [1.807, 2.05) is 0 Å². The first-order valence-corrected chi connectivity index (χ1v) is 6.43. The van der Waals surface area contributed by atoms with Crippen LogP contribution in [-0.4, -0.2) is 6.54 Å². The van der Waals surface area contributed by atoms with E-state index in [1.165, 1.54) is 29.5 Å². The summed E-state index contributed by atoms with van der Waals surface area (Å²) in [6.45, 7) is 8.91. The van der Waals surface area contributed by atoms with Crippen LogP contribution in [0.3, 0.4) is 0 Å². The molecule has 0 aromatic heterocycles. The minimum atomic E-state index is 0.852. The fraction of sp³-hybridized carbons (Fsp3) is 0.600. The predicted octanol–water partition coefficient (Wildman–Crippen LogP) is 3.44. The smallest absolute Gasteiger partial charge is 0.0208 e. The van der Waals surface area contributed by atoms with Gasteiger partial charge in [-0.3, -0.25) is 0 Å². The number of rotatable bonds is 5. The van der Waals surface area contributed by atoms with Crippen LogP contribution in [0.2, 0.25) is 0 Å². The molecule has 0 heterocycles. The van der Waals surface area contributed by atoms with E-state index in [0.717, 1.165) is 24.9 Å². The summed E-state index contributed by atoms with van der Waals surface area (Å²) in [5, 5.41) is 3.59. The molecule has 0 bridgehead atoms. The lowest BCUT2D eigenvalue weighted by Gasteiger charge is -2.13. The largest absolute Gasteiger partial charge is 0.312 e. The normalized spacial score (nSPS) is 17.4. The van der Waals surface area contributed by atoms with Gasteiger partial charge in [-0.05, 0) is 56.2 Å². The van der Waals surface area contributed by atoms with Gasteiger partial charge in [-0.2, -0.15) is 0 Å². The molecule has 1 nitrogen and oxygen atoms in total. The topological polar surface area (TPSA) is 12.0 Å². The molecule has 1 aliphatic carbocycles. The van der Waals surface area contributed by atoms with Gasteiger partial charge < -0.3 is 5.32 Å². The van der Waals surface area contributed by atoms with Gasteiger partial charge in [0.2, 0.25) is 0 Å². The Hall–Kier alpha value is -0.820. The van der Waals surface area contributed by atoms with Crippen LogP contribution in [0, 0.1) is 25.7 Å². The van der Waals surface area contributed by atoms with Crippen molar-refractivity contribution >= 4 is 0 Å². The van der Waals surface area contributed by atoms with Crippen molar-refractivity contribution in [2.75, 3.05) is 6.54 Å². The highest BCUT2D eigenvalue weighted by atomic mass is 14.9. The van der Waals surface area contributed by atoms with Crippen LogP contribution in [0.4, 0.5) is 0 Å². The fourth-order valence-electron chi connectivity index (χ4n) is 2.26. The van der Waals surface area contributed by atoms with Gasteiger partial charge in [0.25, 0.3) is 0 Å². The van der Waals surface area contributed by atoms with Crippen molar-refractivity contribution in [3.05, 3.63) is 34.9 Å². The highest BCUT2D eigenvalue weighted by molar-refractivity contribution is 5.30. The highest BCUT2D eigenvalue weighted by Crippen LogP contribution is 2.36. The zero-order valence-electron chi connectivity index (χ0n) is 10.7. The van der Waals surface area contributed by atoms with Crippen molar-refractivity contribution in [1.29, 1.82) is 0 Å². The number of hydrogen-bond acceptors (Lipinski definition) is 1. The number of aryl methyl sites for hydroxylation is 2. The molecule has 2 rings (SSSR count). The lowest BCUT2D eigenvalue weighted by atomic mass is 10.0. The lowest BCUT2D eigenvalue weighted by molar-refractivity contribution is 0.461. The van der Waals surface area contributed by atoms with Crippen molar-refractivity contribution in [2.24, 2.45) is 11.8 Å². The van der Waals surface area contributed by atoms with Crippen LogP contribution >= 0.6 is 0 Å². The summed E-state index contributed by atoms with van der Waals surface area (Å²) in [7, 11) is 0. The molecule has 0 amide bonds. The maximum absolute atomic E-state index is 3.59. The summed E-state index contributed by atoms with van der Waals surface area (Å²) in [6, 6.07) is 6.70. The second-order valence-corrected chi connectivity index (χ2v) is 5.38. The van der Waals surface area contributed by atoms with Gasteiger partial charge in [-0.1, -0.05) is 30.7 Å². The van der Waals surface area contributed by atoms with Gasteiger partial charge in [0.15, 0.2) is 0 Å². The summed E-state index contributed by atoms with van der Waals surface area (Å²) in [5.41, 5.74) is 4.21. The summed E-state index contributed by atoms with van der Waals surface area (Å²) in [6.07, 6.45) is 2.90. The Morgan fingerprint density at radius 2 is 2.06 bits per heavy atom. The van der Waals surface area contributed by atoms with E-state index in [-0.39, 0.29) is 0 Å². The van der Waals surface area contributed by atoms with Gasteiger partial charge in [0.1, 0.15) is 0 Å². The van der Waals surface area contributed by atoms with Crippen molar-refractivity contribution in [3.63, 3.8) is 0 Å². The molecule has 1 fully saturated rings. The molecule has 0 spiro atoms. The zero-order chi connectivity index (χ0) is 11.5. The van der Waals surface area contributed by atoms with Crippen LogP contribution in [0.1, 0.15) is 36.5 Å². The zero-order valence-corrected chi connectivity index (χ0v) is 10.7. The molecule has 0 aliphatic heterocycles. The van der Waals surface area contributed by atoms with E-state index in [0.29, 0.717) is 0 Å². The fourth-order valence-corrected chi connectivity index (χ4v) is 2.26. The molecule has 88 valence electrons. The molecular weight excluding hydrogens is 194 g/mol.